The van der Waals surface area contributed by atoms with E-state index >= 15 is 0 Å². The molecule has 1 aromatic rings. The Morgan fingerprint density at radius 2 is 2.00 bits per heavy atom. The molecule has 1 rings (SSSR count). The SMILES string of the molecule is Oc1ccc(C(F)F)nc1F. The Hall–Kier alpha value is -1.26. The van der Waals surface area contributed by atoms with E-state index in [1.807, 2.05) is 0 Å². The molecule has 0 aromatic carbocycles. The molecule has 5 heteroatoms. The quantitative estimate of drug-likeness (QED) is 0.641. The van der Waals surface area contributed by atoms with Crippen LogP contribution in [0, 0.1) is 5.95 Å². The van der Waals surface area contributed by atoms with Gasteiger partial charge in [-0.15, -0.1) is 0 Å². The van der Waals surface area contributed by atoms with Crippen LogP contribution in [0.3, 0.4) is 0 Å². The van der Waals surface area contributed by atoms with Gasteiger partial charge in [-0.25, -0.2) is 13.8 Å². The van der Waals surface area contributed by atoms with Gasteiger partial charge < -0.3 is 5.11 Å². The van der Waals surface area contributed by atoms with Gasteiger partial charge in [-0.1, -0.05) is 0 Å². The second-order valence-corrected chi connectivity index (χ2v) is 1.85. The molecule has 0 radical (unpaired) electrons. The third kappa shape index (κ3) is 1.60. The molecular weight excluding hydrogens is 159 g/mol. The average Bonchev–Trinajstić information content (AvgIpc) is 1.94. The first-order valence-corrected chi connectivity index (χ1v) is 2.75. The lowest BCUT2D eigenvalue weighted by Crippen LogP contribution is -1.92. The second kappa shape index (κ2) is 2.77. The maximum atomic E-state index is 12.2. The standard InChI is InChI=1S/C6H4F3NO/c7-5(8)3-1-2-4(11)6(9)10-3/h1-2,5,11H. The lowest BCUT2D eigenvalue weighted by molar-refractivity contribution is 0.144. The molecule has 0 bridgehead atoms. The number of aromatic nitrogens is 1. The summed E-state index contributed by atoms with van der Waals surface area (Å²) < 4.78 is 35.8. The van der Waals surface area contributed by atoms with Gasteiger partial charge in [-0.3, -0.25) is 0 Å². The van der Waals surface area contributed by atoms with Crippen molar-refractivity contribution >= 4 is 0 Å². The Morgan fingerprint density at radius 1 is 1.36 bits per heavy atom. The van der Waals surface area contributed by atoms with Crippen molar-refractivity contribution in [2.45, 2.75) is 6.43 Å². The van der Waals surface area contributed by atoms with E-state index in [1.54, 1.807) is 0 Å². The number of alkyl halides is 2. The van der Waals surface area contributed by atoms with E-state index in [1.165, 1.54) is 0 Å². The van der Waals surface area contributed by atoms with Gasteiger partial charge >= 0.3 is 0 Å². The predicted molar refractivity (Wildman–Crippen MR) is 30.8 cm³/mol. The highest BCUT2D eigenvalue weighted by Gasteiger charge is 2.11. The molecule has 0 atom stereocenters. The van der Waals surface area contributed by atoms with Gasteiger partial charge in [0.25, 0.3) is 12.4 Å². The second-order valence-electron chi connectivity index (χ2n) is 1.85. The lowest BCUT2D eigenvalue weighted by atomic mass is 10.3. The number of aromatic hydroxyl groups is 1. The highest BCUT2D eigenvalue weighted by Crippen LogP contribution is 2.20. The molecule has 0 aliphatic rings. The van der Waals surface area contributed by atoms with Crippen LogP contribution in [0.1, 0.15) is 12.1 Å². The zero-order valence-corrected chi connectivity index (χ0v) is 5.26. The molecule has 1 heterocycles. The van der Waals surface area contributed by atoms with Crippen molar-refractivity contribution in [2.75, 3.05) is 0 Å². The van der Waals surface area contributed by atoms with Crippen LogP contribution in [0.4, 0.5) is 13.2 Å². The highest BCUT2D eigenvalue weighted by atomic mass is 19.3. The number of nitrogens with zero attached hydrogens (tertiary/aromatic N) is 1. The molecule has 11 heavy (non-hydrogen) atoms. The molecule has 0 saturated carbocycles. The summed E-state index contributed by atoms with van der Waals surface area (Å²) in [4.78, 5) is 2.81. The molecule has 2 nitrogen and oxygen atoms in total. The maximum absolute atomic E-state index is 12.2. The van der Waals surface area contributed by atoms with E-state index in [-0.39, 0.29) is 0 Å². The Morgan fingerprint density at radius 3 is 2.45 bits per heavy atom. The predicted octanol–water partition coefficient (Wildman–Crippen LogP) is 1.86. The van der Waals surface area contributed by atoms with E-state index < -0.39 is 23.8 Å². The molecule has 0 aliphatic carbocycles. The number of pyridine rings is 1. The summed E-state index contributed by atoms with van der Waals surface area (Å²) >= 11 is 0. The van der Waals surface area contributed by atoms with E-state index in [4.69, 9.17) is 5.11 Å². The van der Waals surface area contributed by atoms with Crippen molar-refractivity contribution in [2.24, 2.45) is 0 Å². The molecule has 0 spiro atoms. The molecular formula is C6H4F3NO. The minimum absolute atomic E-state index is 0.680. The topological polar surface area (TPSA) is 33.1 Å². The van der Waals surface area contributed by atoms with Crippen molar-refractivity contribution in [1.82, 2.24) is 4.98 Å². The zero-order chi connectivity index (χ0) is 8.43. The molecule has 1 N–H and O–H groups in total. The third-order valence-electron chi connectivity index (χ3n) is 1.07. The monoisotopic (exact) mass is 163 g/mol. The van der Waals surface area contributed by atoms with Gasteiger partial charge in [0.2, 0.25) is 0 Å². The fourth-order valence-corrected chi connectivity index (χ4v) is 0.563. The van der Waals surface area contributed by atoms with Crippen molar-refractivity contribution < 1.29 is 18.3 Å². The number of rotatable bonds is 1. The Kier molecular flexibility index (Phi) is 1.98. The summed E-state index contributed by atoms with van der Waals surface area (Å²) in [7, 11) is 0. The van der Waals surface area contributed by atoms with Crippen molar-refractivity contribution in [1.29, 1.82) is 0 Å². The van der Waals surface area contributed by atoms with Crippen LogP contribution in [0.15, 0.2) is 12.1 Å². The van der Waals surface area contributed by atoms with Crippen LogP contribution < -0.4 is 0 Å². The lowest BCUT2D eigenvalue weighted by Gasteiger charge is -1.98. The maximum Gasteiger partial charge on any atom is 0.280 e. The van der Waals surface area contributed by atoms with Crippen molar-refractivity contribution in [3.05, 3.63) is 23.8 Å². The largest absolute Gasteiger partial charge is 0.504 e. The zero-order valence-electron chi connectivity index (χ0n) is 5.26. The highest BCUT2D eigenvalue weighted by molar-refractivity contribution is 5.20. The smallest absolute Gasteiger partial charge is 0.280 e. The summed E-state index contributed by atoms with van der Waals surface area (Å²) in [5, 5.41) is 8.54. The van der Waals surface area contributed by atoms with Crippen LogP contribution in [-0.2, 0) is 0 Å². The van der Waals surface area contributed by atoms with Crippen molar-refractivity contribution in [3.8, 4) is 5.75 Å². The molecule has 0 aliphatic heterocycles. The van der Waals surface area contributed by atoms with Crippen LogP contribution >= 0.6 is 0 Å². The molecule has 0 unspecified atom stereocenters. The Labute approximate surface area is 60.3 Å². The first kappa shape index (κ1) is 7.84. The summed E-state index contributed by atoms with van der Waals surface area (Å²) in [6.45, 7) is 0. The Balaban J connectivity index is 3.05. The van der Waals surface area contributed by atoms with Crippen molar-refractivity contribution in [3.63, 3.8) is 0 Å². The molecule has 0 saturated heterocycles. The van der Waals surface area contributed by atoms with E-state index in [9.17, 15) is 13.2 Å². The fourth-order valence-electron chi connectivity index (χ4n) is 0.563. The minimum Gasteiger partial charge on any atom is -0.504 e. The fraction of sp³-hybridized carbons (Fsp3) is 0.167. The molecule has 60 valence electrons. The summed E-state index contributed by atoms with van der Waals surface area (Å²) in [6.07, 6.45) is -2.81. The van der Waals surface area contributed by atoms with E-state index in [2.05, 4.69) is 4.98 Å². The molecule has 0 amide bonds. The van der Waals surface area contributed by atoms with Crippen LogP contribution in [0.25, 0.3) is 0 Å². The summed E-state index contributed by atoms with van der Waals surface area (Å²) in [5.41, 5.74) is -0.680. The Bertz CT molecular complexity index is 264. The summed E-state index contributed by atoms with van der Waals surface area (Å²) in [6, 6.07) is 1.70. The van der Waals surface area contributed by atoms with Gasteiger partial charge in [0.1, 0.15) is 5.69 Å². The van der Waals surface area contributed by atoms with Gasteiger partial charge in [0.15, 0.2) is 5.75 Å². The van der Waals surface area contributed by atoms with Gasteiger partial charge in [0, 0.05) is 0 Å². The van der Waals surface area contributed by atoms with Crippen LogP contribution in [-0.4, -0.2) is 10.1 Å². The van der Waals surface area contributed by atoms with Gasteiger partial charge in [-0.2, -0.15) is 4.39 Å². The van der Waals surface area contributed by atoms with Gasteiger partial charge in [-0.05, 0) is 12.1 Å². The third-order valence-corrected chi connectivity index (χ3v) is 1.07. The first-order chi connectivity index (χ1) is 5.11. The van der Waals surface area contributed by atoms with E-state index in [0.717, 1.165) is 12.1 Å². The molecule has 0 fully saturated rings. The number of hydrogen-bond donors (Lipinski definition) is 1. The van der Waals surface area contributed by atoms with Crippen LogP contribution in [0.5, 0.6) is 5.75 Å². The van der Waals surface area contributed by atoms with E-state index in [0.29, 0.717) is 0 Å². The van der Waals surface area contributed by atoms with Crippen LogP contribution in [0.2, 0.25) is 0 Å². The normalized spacial score (nSPS) is 10.5. The minimum atomic E-state index is -2.81. The summed E-state index contributed by atoms with van der Waals surface area (Å²) in [5.74, 6) is -2.00. The van der Waals surface area contributed by atoms with Gasteiger partial charge in [0.05, 0.1) is 0 Å². The first-order valence-electron chi connectivity index (χ1n) is 2.75. The average molecular weight is 163 g/mol. The molecule has 1 aromatic heterocycles. The number of hydrogen-bond acceptors (Lipinski definition) is 2. The number of halogens is 3.